The van der Waals surface area contributed by atoms with Gasteiger partial charge in [0.25, 0.3) is 11.9 Å². The molecule has 23 radical (unpaired) electrons. The lowest BCUT2D eigenvalue weighted by atomic mass is 9.76. The van der Waals surface area contributed by atoms with Crippen LogP contribution in [0.3, 0.4) is 0 Å². The van der Waals surface area contributed by atoms with E-state index in [0.29, 0.717) is 10.5 Å². The summed E-state index contributed by atoms with van der Waals surface area (Å²) in [5, 5.41) is 29.6. The molecule has 1 aromatic carbocycles. The van der Waals surface area contributed by atoms with Crippen LogP contribution in [0.25, 0.3) is 0 Å². The molecular formula is C21H10BN6O5. The van der Waals surface area contributed by atoms with Crippen LogP contribution < -0.4 is 22.1 Å². The van der Waals surface area contributed by atoms with E-state index in [-0.39, 0.29) is 0 Å². The average Bonchev–Trinajstić information content (AvgIpc) is 3.25. The third-order valence-electron chi connectivity index (χ3n) is 3.65. The van der Waals surface area contributed by atoms with Gasteiger partial charge in [-0.05, 0) is 5.56 Å². The van der Waals surface area contributed by atoms with Gasteiger partial charge < -0.3 is 4.90 Å². The number of hydrogen-bond acceptors (Lipinski definition) is 4. The van der Waals surface area contributed by atoms with Crippen molar-refractivity contribution in [1.82, 2.24) is 27.0 Å². The number of likely N-dealkylation sites (tertiary alicyclic amines) is 1. The first kappa shape index (κ1) is 26.1. The molecule has 11 nitrogen and oxygen atoms in total. The third-order valence-corrected chi connectivity index (χ3v) is 3.65. The molecule has 0 aromatic heterocycles. The molecule has 3 amide bonds. The first-order chi connectivity index (χ1) is 15.7. The lowest BCUT2D eigenvalue weighted by Gasteiger charge is -2.26. The van der Waals surface area contributed by atoms with Gasteiger partial charge in [-0.3, -0.25) is 24.4 Å². The summed E-state index contributed by atoms with van der Waals surface area (Å²) in [6.45, 7) is 7.24. The molecule has 1 fully saturated rings. The molecular weight excluding hydrogens is 427 g/mol. The Bertz CT molecular complexity index is 834. The van der Waals surface area contributed by atoms with Crippen molar-refractivity contribution in [3.8, 4) is 0 Å². The number of hydrogen-bond donors (Lipinski definition) is 0. The molecule has 0 N–H and O–H groups in total. The van der Waals surface area contributed by atoms with Gasteiger partial charge in [-0.2, -0.15) is 0 Å². The van der Waals surface area contributed by atoms with E-state index in [1.807, 2.05) is 19.4 Å². The van der Waals surface area contributed by atoms with Crippen molar-refractivity contribution in [2.45, 2.75) is 18.0 Å². The molecule has 0 unspecified atom stereocenters. The highest BCUT2D eigenvalue weighted by Crippen LogP contribution is 2.23. The number of carbonyl (C=O) groups is 3. The van der Waals surface area contributed by atoms with Crippen molar-refractivity contribution in [2.24, 2.45) is 4.99 Å². The van der Waals surface area contributed by atoms with E-state index in [0.717, 1.165) is 0 Å². The first-order valence-electron chi connectivity index (χ1n) is 8.94. The van der Waals surface area contributed by atoms with Gasteiger partial charge in [-0.1, -0.05) is 30.3 Å². The number of amides is 3. The van der Waals surface area contributed by atoms with Crippen LogP contribution >= 0.6 is 0 Å². The molecule has 1 saturated heterocycles. The molecule has 1 aliphatic heterocycles. The van der Waals surface area contributed by atoms with Crippen LogP contribution in [0.5, 0.6) is 0 Å². The molecule has 2 rings (SSSR count). The lowest BCUT2D eigenvalue weighted by Crippen LogP contribution is -2.52. The Balaban J connectivity index is 2.06. The van der Waals surface area contributed by atoms with Gasteiger partial charge in [0.05, 0.1) is 6.42 Å². The first-order valence-corrected chi connectivity index (χ1v) is 8.94. The van der Waals surface area contributed by atoms with Gasteiger partial charge in [0.2, 0.25) is 11.8 Å². The number of guanidine groups is 1. The maximum absolute atomic E-state index is 12.9. The summed E-state index contributed by atoms with van der Waals surface area (Å²) < 4.78 is 0. The van der Waals surface area contributed by atoms with Crippen molar-refractivity contribution in [1.29, 1.82) is 0 Å². The van der Waals surface area contributed by atoms with E-state index in [1.165, 1.54) is 0 Å². The largest absolute Gasteiger partial charge is 0.541 e. The molecule has 12 heteroatoms. The molecule has 1 aromatic rings. The van der Waals surface area contributed by atoms with E-state index in [9.17, 15) is 24.4 Å². The van der Waals surface area contributed by atoms with E-state index in [4.69, 9.17) is 11.5 Å². The van der Waals surface area contributed by atoms with Crippen LogP contribution in [0.1, 0.15) is 5.56 Å². The summed E-state index contributed by atoms with van der Waals surface area (Å²) in [6.07, 6.45) is 11.3. The van der Waals surface area contributed by atoms with Gasteiger partial charge >= 0.3 is 7.12 Å². The molecule has 157 valence electrons. The zero-order chi connectivity index (χ0) is 24.4. The van der Waals surface area contributed by atoms with E-state index >= 15 is 0 Å². The molecule has 0 spiro atoms. The zero-order valence-electron chi connectivity index (χ0n) is 16.6. The third kappa shape index (κ3) is 8.39. The minimum Gasteiger partial charge on any atom is -0.317 e. The van der Waals surface area contributed by atoms with Crippen molar-refractivity contribution in [3.05, 3.63) is 88.0 Å². The Kier molecular flexibility index (Phi) is 10.1. The zero-order valence-corrected chi connectivity index (χ0v) is 16.6. The maximum Gasteiger partial charge on any atom is 0.541 e. The number of rotatable bonds is 11. The standard InChI is InChI=1S/C21H10BN6O5/c1-14(29)26-16(13-15-7-3-2-4-8-15)20(31)28-12-6-9-17(28)19(30)27-18(22(32)33)10-5-11-25-21(23)24/h2-4,7-8,16-18H,1H2/t16-,17+,18+/m1/s1. The van der Waals surface area contributed by atoms with E-state index < -0.39 is 48.8 Å². The maximum atomic E-state index is 12.9. The van der Waals surface area contributed by atoms with Crippen LogP contribution in [-0.4, -0.2) is 53.7 Å². The van der Waals surface area contributed by atoms with Crippen LogP contribution in [0.2, 0.25) is 0 Å². The van der Waals surface area contributed by atoms with Gasteiger partial charge in [0, 0.05) is 32.6 Å². The molecule has 3 atom stereocenters. The summed E-state index contributed by atoms with van der Waals surface area (Å²) in [4.78, 5) is 40.4. The normalized spacial score (nSPS) is 17.1. The second-order valence-electron chi connectivity index (χ2n) is 6.00. The fourth-order valence-electron chi connectivity index (χ4n) is 2.31. The second-order valence-corrected chi connectivity index (χ2v) is 6.00. The SMILES string of the molecule is [CH2]C(=O)[N][C@H]([C]c1ccccc1)C(=O)N1[C][C][C][C@H]1C(=O)[N][C@@H]([C][C][C]N=C([N])[N])B([O])[O]. The minimum atomic E-state index is -2.70. The Morgan fingerprint density at radius 1 is 1.15 bits per heavy atom. The van der Waals surface area contributed by atoms with Crippen LogP contribution in [0.15, 0.2) is 35.3 Å². The molecule has 0 saturated carbocycles. The summed E-state index contributed by atoms with van der Waals surface area (Å²) in [7, 11) is -2.70. The molecule has 1 heterocycles. The highest BCUT2D eigenvalue weighted by molar-refractivity contribution is 6.43. The smallest absolute Gasteiger partial charge is 0.317 e. The number of carbonyl (C=O) groups excluding carboxylic acids is 3. The number of nitrogens with zero attached hydrogens (tertiary/aromatic N) is 6. The lowest BCUT2D eigenvalue weighted by molar-refractivity contribution is -0.138. The Hall–Kier alpha value is -3.12. The molecule has 1 aliphatic rings. The minimum absolute atomic E-state index is 0.438. The number of benzene rings is 1. The van der Waals surface area contributed by atoms with Gasteiger partial charge in [-0.25, -0.2) is 15.6 Å². The van der Waals surface area contributed by atoms with Crippen LogP contribution in [-0.2, 0) is 24.4 Å². The monoisotopic (exact) mass is 437 g/mol. The van der Waals surface area contributed by atoms with Crippen molar-refractivity contribution in [2.75, 3.05) is 0 Å². The van der Waals surface area contributed by atoms with Gasteiger partial charge in [0.1, 0.15) is 31.1 Å². The second kappa shape index (κ2) is 12.8. The predicted molar refractivity (Wildman–Crippen MR) is 105 cm³/mol. The predicted octanol–water partition coefficient (Wildman–Crippen LogP) is -2.06. The average molecular weight is 437 g/mol. The highest BCUT2D eigenvalue weighted by Gasteiger charge is 2.42. The highest BCUT2D eigenvalue weighted by atomic mass is 16.4. The topological polar surface area (TPSA) is 179 Å². The van der Waals surface area contributed by atoms with Crippen LogP contribution in [0, 0.1) is 52.1 Å². The summed E-state index contributed by atoms with van der Waals surface area (Å²) in [5.41, 5.74) is 17.4. The number of aliphatic imine (C=N–C) groups is 1. The summed E-state index contributed by atoms with van der Waals surface area (Å²) >= 11 is 0. The molecule has 0 aliphatic carbocycles. The van der Waals surface area contributed by atoms with Crippen molar-refractivity contribution >= 4 is 30.8 Å². The van der Waals surface area contributed by atoms with E-state index in [2.05, 4.69) is 48.4 Å². The Labute approximate surface area is 193 Å². The van der Waals surface area contributed by atoms with Crippen molar-refractivity contribution < 1.29 is 24.4 Å². The van der Waals surface area contributed by atoms with Gasteiger partial charge in [0.15, 0.2) is 0 Å². The Morgan fingerprint density at radius 2 is 1.85 bits per heavy atom. The van der Waals surface area contributed by atoms with Gasteiger partial charge in [-0.15, -0.1) is 11.5 Å². The van der Waals surface area contributed by atoms with Crippen molar-refractivity contribution in [3.63, 3.8) is 0 Å². The van der Waals surface area contributed by atoms with E-state index in [1.54, 1.807) is 30.3 Å². The Morgan fingerprint density at radius 3 is 2.45 bits per heavy atom. The fraction of sp³-hybridized carbons (Fsp3) is 0.143. The van der Waals surface area contributed by atoms with Crippen LogP contribution in [0.4, 0.5) is 0 Å². The quantitative estimate of drug-likeness (QED) is 0.168. The summed E-state index contributed by atoms with van der Waals surface area (Å²) in [6, 6.07) is 5.24. The summed E-state index contributed by atoms with van der Waals surface area (Å²) in [5.74, 6) is -6.25. The molecule has 0 bridgehead atoms. The fourth-order valence-corrected chi connectivity index (χ4v) is 2.31. The molecule has 33 heavy (non-hydrogen) atoms.